The number of imidazole rings is 1. The number of hydrogen-bond donors (Lipinski definition) is 0. The van der Waals surface area contributed by atoms with Gasteiger partial charge in [-0.25, -0.2) is 4.98 Å². The van der Waals surface area contributed by atoms with E-state index in [9.17, 15) is 4.79 Å². The molecular weight excluding hydrogens is 300 g/mol. The summed E-state index contributed by atoms with van der Waals surface area (Å²) in [6, 6.07) is 15.3. The Labute approximate surface area is 141 Å². The standard InChI is InChI=1S/C19H20N4O/c1-15(16-8-4-3-5-9-16)23(14-18-21-12-13-22(18)2)19(24)17-10-6-7-11-20-17/h3-13,15H,14H2,1-2H3/t15-/m1/s1. The number of carbonyl (C=O) groups is 1. The number of hydrogen-bond acceptors (Lipinski definition) is 3. The zero-order valence-electron chi connectivity index (χ0n) is 13.8. The molecule has 0 N–H and O–H groups in total. The molecule has 1 aromatic carbocycles. The highest BCUT2D eigenvalue weighted by molar-refractivity contribution is 5.92. The fourth-order valence-electron chi connectivity index (χ4n) is 2.63. The van der Waals surface area contributed by atoms with Crippen molar-refractivity contribution in [3.8, 4) is 0 Å². The van der Waals surface area contributed by atoms with Gasteiger partial charge in [-0.05, 0) is 24.6 Å². The molecule has 0 saturated heterocycles. The van der Waals surface area contributed by atoms with Gasteiger partial charge in [-0.15, -0.1) is 0 Å². The van der Waals surface area contributed by atoms with E-state index < -0.39 is 0 Å². The maximum Gasteiger partial charge on any atom is 0.273 e. The molecule has 3 rings (SSSR count). The Bertz CT molecular complexity index is 799. The van der Waals surface area contributed by atoms with Crippen LogP contribution in [0.5, 0.6) is 0 Å². The fourth-order valence-corrected chi connectivity index (χ4v) is 2.63. The van der Waals surface area contributed by atoms with Gasteiger partial charge in [0.1, 0.15) is 11.5 Å². The highest BCUT2D eigenvalue weighted by Crippen LogP contribution is 2.23. The lowest BCUT2D eigenvalue weighted by Crippen LogP contribution is -2.34. The predicted octanol–water partition coefficient (Wildman–Crippen LogP) is 3.22. The van der Waals surface area contributed by atoms with Crippen LogP contribution >= 0.6 is 0 Å². The lowest BCUT2D eigenvalue weighted by Gasteiger charge is -2.29. The summed E-state index contributed by atoms with van der Waals surface area (Å²) in [4.78, 5) is 23.4. The number of aromatic nitrogens is 3. The van der Waals surface area contributed by atoms with Gasteiger partial charge in [0.2, 0.25) is 0 Å². The largest absolute Gasteiger partial charge is 0.337 e. The molecule has 24 heavy (non-hydrogen) atoms. The van der Waals surface area contributed by atoms with Gasteiger partial charge < -0.3 is 9.47 Å². The van der Waals surface area contributed by atoms with Crippen LogP contribution in [0.3, 0.4) is 0 Å². The van der Waals surface area contributed by atoms with Crippen molar-refractivity contribution in [2.75, 3.05) is 0 Å². The summed E-state index contributed by atoms with van der Waals surface area (Å²) in [5.74, 6) is 0.733. The van der Waals surface area contributed by atoms with Crippen LogP contribution in [-0.2, 0) is 13.6 Å². The van der Waals surface area contributed by atoms with Gasteiger partial charge in [0.05, 0.1) is 12.6 Å². The summed E-state index contributed by atoms with van der Waals surface area (Å²) in [6.45, 7) is 2.45. The van der Waals surface area contributed by atoms with Gasteiger partial charge in [-0.1, -0.05) is 36.4 Å². The minimum atomic E-state index is -0.102. The molecule has 0 spiro atoms. The molecule has 0 aliphatic heterocycles. The van der Waals surface area contributed by atoms with Gasteiger partial charge in [0.15, 0.2) is 0 Å². The van der Waals surface area contributed by atoms with Crippen molar-refractivity contribution in [2.45, 2.75) is 19.5 Å². The smallest absolute Gasteiger partial charge is 0.273 e. The first kappa shape index (κ1) is 15.9. The second-order valence-electron chi connectivity index (χ2n) is 5.69. The van der Waals surface area contributed by atoms with Crippen molar-refractivity contribution in [3.63, 3.8) is 0 Å². The van der Waals surface area contributed by atoms with Crippen LogP contribution in [-0.4, -0.2) is 25.3 Å². The normalized spacial score (nSPS) is 11.9. The van der Waals surface area contributed by atoms with Crippen LogP contribution in [0.4, 0.5) is 0 Å². The summed E-state index contributed by atoms with van der Waals surface area (Å²) >= 11 is 0. The Morgan fingerprint density at radius 3 is 2.46 bits per heavy atom. The Hall–Kier alpha value is -2.95. The number of carbonyl (C=O) groups excluding carboxylic acids is 1. The first-order valence-electron chi connectivity index (χ1n) is 7.90. The van der Waals surface area contributed by atoms with Gasteiger partial charge in [-0.3, -0.25) is 9.78 Å². The van der Waals surface area contributed by atoms with Crippen molar-refractivity contribution in [3.05, 3.63) is 84.2 Å². The molecule has 0 saturated carbocycles. The highest BCUT2D eigenvalue weighted by Gasteiger charge is 2.25. The van der Waals surface area contributed by atoms with E-state index in [2.05, 4.69) is 9.97 Å². The average molecular weight is 320 g/mol. The summed E-state index contributed by atoms with van der Waals surface area (Å²) < 4.78 is 1.93. The summed E-state index contributed by atoms with van der Waals surface area (Å²) in [7, 11) is 1.93. The minimum Gasteiger partial charge on any atom is -0.337 e. The molecule has 2 aromatic heterocycles. The number of aryl methyl sites for hydroxylation is 1. The first-order valence-corrected chi connectivity index (χ1v) is 7.90. The molecule has 5 heteroatoms. The molecule has 0 bridgehead atoms. The Morgan fingerprint density at radius 2 is 1.83 bits per heavy atom. The van der Waals surface area contributed by atoms with E-state index in [0.29, 0.717) is 12.2 Å². The zero-order valence-corrected chi connectivity index (χ0v) is 13.8. The van der Waals surface area contributed by atoms with Crippen LogP contribution in [0, 0.1) is 0 Å². The highest BCUT2D eigenvalue weighted by atomic mass is 16.2. The van der Waals surface area contributed by atoms with Crippen LogP contribution in [0.2, 0.25) is 0 Å². The number of pyridine rings is 1. The summed E-state index contributed by atoms with van der Waals surface area (Å²) in [5.41, 5.74) is 1.52. The maximum atomic E-state index is 13.0. The molecule has 5 nitrogen and oxygen atoms in total. The van der Waals surface area contributed by atoms with Gasteiger partial charge >= 0.3 is 0 Å². The van der Waals surface area contributed by atoms with E-state index in [1.807, 2.05) is 61.1 Å². The molecule has 3 aromatic rings. The summed E-state index contributed by atoms with van der Waals surface area (Å²) in [6.07, 6.45) is 5.26. The van der Waals surface area contributed by atoms with Crippen molar-refractivity contribution < 1.29 is 4.79 Å². The van der Waals surface area contributed by atoms with Gasteiger partial charge in [0.25, 0.3) is 5.91 Å². The molecule has 0 unspecified atom stereocenters. The monoisotopic (exact) mass is 320 g/mol. The second kappa shape index (κ2) is 7.08. The zero-order chi connectivity index (χ0) is 16.9. The molecule has 2 heterocycles. The Kier molecular flexibility index (Phi) is 4.70. The third kappa shape index (κ3) is 3.35. The SMILES string of the molecule is C[C@H](c1ccccc1)N(Cc1nccn1C)C(=O)c1ccccn1. The lowest BCUT2D eigenvalue weighted by molar-refractivity contribution is 0.0660. The average Bonchev–Trinajstić information content (AvgIpc) is 3.05. The van der Waals surface area contributed by atoms with E-state index in [1.54, 1.807) is 29.4 Å². The number of benzene rings is 1. The van der Waals surface area contributed by atoms with E-state index in [1.165, 1.54) is 0 Å². The molecule has 0 aliphatic rings. The fraction of sp³-hybridized carbons (Fsp3) is 0.211. The van der Waals surface area contributed by atoms with Crippen molar-refractivity contribution in [1.29, 1.82) is 0 Å². The lowest BCUT2D eigenvalue weighted by atomic mass is 10.1. The van der Waals surface area contributed by atoms with E-state index in [4.69, 9.17) is 0 Å². The van der Waals surface area contributed by atoms with E-state index in [-0.39, 0.29) is 11.9 Å². The minimum absolute atomic E-state index is 0.0857. The third-order valence-corrected chi connectivity index (χ3v) is 4.13. The molecule has 1 amide bonds. The number of rotatable bonds is 5. The second-order valence-corrected chi connectivity index (χ2v) is 5.69. The predicted molar refractivity (Wildman–Crippen MR) is 92.2 cm³/mol. The van der Waals surface area contributed by atoms with Crippen molar-refractivity contribution >= 4 is 5.91 Å². The Morgan fingerprint density at radius 1 is 1.08 bits per heavy atom. The van der Waals surface area contributed by atoms with Crippen LogP contribution in [0.1, 0.15) is 34.8 Å². The maximum absolute atomic E-state index is 13.0. The molecule has 0 fully saturated rings. The molecule has 1 atom stereocenters. The van der Waals surface area contributed by atoms with Gasteiger partial charge in [-0.2, -0.15) is 0 Å². The van der Waals surface area contributed by atoms with Crippen molar-refractivity contribution in [1.82, 2.24) is 19.4 Å². The Balaban J connectivity index is 1.94. The summed E-state index contributed by atoms with van der Waals surface area (Å²) in [5, 5.41) is 0. The van der Waals surface area contributed by atoms with Crippen LogP contribution < -0.4 is 0 Å². The molecule has 0 aliphatic carbocycles. The van der Waals surface area contributed by atoms with Crippen LogP contribution in [0.15, 0.2) is 67.1 Å². The number of nitrogens with zero attached hydrogens (tertiary/aromatic N) is 4. The van der Waals surface area contributed by atoms with E-state index in [0.717, 1.165) is 11.4 Å². The van der Waals surface area contributed by atoms with Crippen LogP contribution in [0.25, 0.3) is 0 Å². The quantitative estimate of drug-likeness (QED) is 0.725. The van der Waals surface area contributed by atoms with E-state index >= 15 is 0 Å². The molecule has 0 radical (unpaired) electrons. The first-order chi connectivity index (χ1) is 11.7. The molecule has 122 valence electrons. The topological polar surface area (TPSA) is 51.0 Å². The number of amides is 1. The molecular formula is C19H20N4O. The van der Waals surface area contributed by atoms with Crippen molar-refractivity contribution in [2.24, 2.45) is 7.05 Å². The van der Waals surface area contributed by atoms with Gasteiger partial charge in [0, 0.05) is 25.6 Å². The third-order valence-electron chi connectivity index (χ3n) is 4.13.